The van der Waals surface area contributed by atoms with E-state index in [0.29, 0.717) is 13.0 Å². The molecule has 1 unspecified atom stereocenters. The van der Waals surface area contributed by atoms with Crippen molar-refractivity contribution in [3.05, 3.63) is 46.4 Å². The second-order valence-electron chi connectivity index (χ2n) is 5.05. The van der Waals surface area contributed by atoms with Crippen LogP contribution in [0.25, 0.3) is 0 Å². The standard InChI is InChI=1S/C16H17F4NO2S/c17-12-10-11(6-7-13(12)23-16(18,19)20)22-14(4-1-2-8-21)15-5-3-9-24-15/h3,5-7,9-10,14H,1-2,4,8,21H2. The Bertz CT molecular complexity index is 632. The zero-order valence-electron chi connectivity index (χ0n) is 12.7. The van der Waals surface area contributed by atoms with Crippen molar-refractivity contribution in [3.8, 4) is 11.5 Å². The molecule has 3 nitrogen and oxygen atoms in total. The van der Waals surface area contributed by atoms with Gasteiger partial charge in [-0.2, -0.15) is 0 Å². The lowest BCUT2D eigenvalue weighted by molar-refractivity contribution is -0.275. The highest BCUT2D eigenvalue weighted by molar-refractivity contribution is 7.10. The highest BCUT2D eigenvalue weighted by Gasteiger charge is 2.32. The summed E-state index contributed by atoms with van der Waals surface area (Å²) in [4.78, 5) is 0.961. The number of hydrogen-bond donors (Lipinski definition) is 1. The van der Waals surface area contributed by atoms with E-state index in [9.17, 15) is 17.6 Å². The highest BCUT2D eigenvalue weighted by Crippen LogP contribution is 2.33. The molecule has 0 aliphatic heterocycles. The molecule has 1 atom stereocenters. The fraction of sp³-hybridized carbons (Fsp3) is 0.375. The van der Waals surface area contributed by atoms with Crippen LogP contribution < -0.4 is 15.2 Å². The van der Waals surface area contributed by atoms with Crippen LogP contribution in [0.3, 0.4) is 0 Å². The quantitative estimate of drug-likeness (QED) is 0.528. The number of unbranched alkanes of at least 4 members (excludes halogenated alkanes) is 1. The Morgan fingerprint density at radius 1 is 1.17 bits per heavy atom. The maximum absolute atomic E-state index is 13.8. The van der Waals surface area contributed by atoms with E-state index < -0.39 is 17.9 Å². The Kier molecular flexibility index (Phi) is 6.44. The second-order valence-corrected chi connectivity index (χ2v) is 6.03. The van der Waals surface area contributed by atoms with Crippen molar-refractivity contribution in [1.29, 1.82) is 0 Å². The Labute approximate surface area is 141 Å². The van der Waals surface area contributed by atoms with E-state index in [2.05, 4.69) is 4.74 Å². The molecule has 2 rings (SSSR count). The summed E-state index contributed by atoms with van der Waals surface area (Å²) in [6.45, 7) is 0.565. The number of alkyl halides is 3. The lowest BCUT2D eigenvalue weighted by Gasteiger charge is -2.18. The van der Waals surface area contributed by atoms with E-state index >= 15 is 0 Å². The minimum Gasteiger partial charge on any atom is -0.485 e. The van der Waals surface area contributed by atoms with E-state index in [1.54, 1.807) is 0 Å². The van der Waals surface area contributed by atoms with Gasteiger partial charge in [0.25, 0.3) is 0 Å². The first kappa shape index (κ1) is 18.5. The first-order valence-electron chi connectivity index (χ1n) is 7.34. The SMILES string of the molecule is NCCCCC(Oc1ccc(OC(F)(F)F)c(F)c1)c1cccs1. The van der Waals surface area contributed by atoms with Crippen LogP contribution in [0, 0.1) is 5.82 Å². The van der Waals surface area contributed by atoms with E-state index in [0.717, 1.165) is 29.9 Å². The van der Waals surface area contributed by atoms with Crippen LogP contribution in [-0.4, -0.2) is 12.9 Å². The van der Waals surface area contributed by atoms with Crippen LogP contribution in [0.15, 0.2) is 35.7 Å². The zero-order valence-corrected chi connectivity index (χ0v) is 13.5. The molecule has 0 radical (unpaired) electrons. The summed E-state index contributed by atoms with van der Waals surface area (Å²) in [7, 11) is 0. The molecule has 1 aromatic heterocycles. The number of halogens is 4. The molecule has 0 saturated heterocycles. The summed E-state index contributed by atoms with van der Waals surface area (Å²) in [6, 6.07) is 6.83. The number of thiophene rings is 1. The zero-order chi connectivity index (χ0) is 17.6. The Morgan fingerprint density at radius 3 is 2.54 bits per heavy atom. The molecule has 0 amide bonds. The van der Waals surface area contributed by atoms with Crippen molar-refractivity contribution in [1.82, 2.24) is 0 Å². The van der Waals surface area contributed by atoms with Gasteiger partial charge in [0.05, 0.1) is 0 Å². The summed E-state index contributed by atoms with van der Waals surface area (Å²) >= 11 is 1.50. The van der Waals surface area contributed by atoms with E-state index in [4.69, 9.17) is 10.5 Å². The van der Waals surface area contributed by atoms with Gasteiger partial charge in [-0.3, -0.25) is 0 Å². The average molecular weight is 363 g/mol. The molecule has 2 aromatic rings. The molecular weight excluding hydrogens is 346 g/mol. The topological polar surface area (TPSA) is 44.5 Å². The van der Waals surface area contributed by atoms with Crippen molar-refractivity contribution >= 4 is 11.3 Å². The molecule has 0 spiro atoms. The fourth-order valence-electron chi connectivity index (χ4n) is 2.13. The van der Waals surface area contributed by atoms with E-state index in [1.165, 1.54) is 17.4 Å². The molecule has 24 heavy (non-hydrogen) atoms. The number of rotatable bonds is 8. The predicted molar refractivity (Wildman–Crippen MR) is 83.7 cm³/mol. The summed E-state index contributed by atoms with van der Waals surface area (Å²) in [6.07, 6.45) is -2.90. The van der Waals surface area contributed by atoms with E-state index in [1.807, 2.05) is 17.5 Å². The maximum Gasteiger partial charge on any atom is 0.573 e. The number of hydrogen-bond acceptors (Lipinski definition) is 4. The third kappa shape index (κ3) is 5.68. The van der Waals surface area contributed by atoms with Crippen LogP contribution in [0.1, 0.15) is 30.2 Å². The predicted octanol–water partition coefficient (Wildman–Crippen LogP) is 5.03. The Morgan fingerprint density at radius 2 is 1.96 bits per heavy atom. The third-order valence-electron chi connectivity index (χ3n) is 3.19. The van der Waals surface area contributed by atoms with Gasteiger partial charge in [-0.25, -0.2) is 4.39 Å². The smallest absolute Gasteiger partial charge is 0.485 e. The van der Waals surface area contributed by atoms with Crippen LogP contribution in [0.5, 0.6) is 11.5 Å². The van der Waals surface area contributed by atoms with Gasteiger partial charge in [0.15, 0.2) is 11.6 Å². The third-order valence-corrected chi connectivity index (χ3v) is 4.15. The van der Waals surface area contributed by atoms with E-state index in [-0.39, 0.29) is 11.9 Å². The monoisotopic (exact) mass is 363 g/mol. The molecule has 1 aromatic carbocycles. The summed E-state index contributed by atoms with van der Waals surface area (Å²) in [5.41, 5.74) is 5.48. The van der Waals surface area contributed by atoms with Crippen LogP contribution in [-0.2, 0) is 0 Å². The lowest BCUT2D eigenvalue weighted by Crippen LogP contribution is -2.18. The van der Waals surface area contributed by atoms with Crippen LogP contribution in [0.2, 0.25) is 0 Å². The van der Waals surface area contributed by atoms with Gasteiger partial charge in [0.2, 0.25) is 0 Å². The Hall–Kier alpha value is -1.80. The first-order chi connectivity index (χ1) is 11.4. The molecule has 0 bridgehead atoms. The van der Waals surface area contributed by atoms with Crippen LogP contribution in [0.4, 0.5) is 17.6 Å². The van der Waals surface area contributed by atoms with Crippen molar-refractivity contribution in [3.63, 3.8) is 0 Å². The molecule has 0 fully saturated rings. The first-order valence-corrected chi connectivity index (χ1v) is 8.22. The van der Waals surface area contributed by atoms with Crippen molar-refractivity contribution in [2.75, 3.05) is 6.54 Å². The van der Waals surface area contributed by atoms with Gasteiger partial charge in [-0.1, -0.05) is 6.07 Å². The molecule has 0 aliphatic carbocycles. The van der Waals surface area contributed by atoms with Gasteiger partial charge in [0.1, 0.15) is 11.9 Å². The number of benzene rings is 1. The van der Waals surface area contributed by atoms with Gasteiger partial charge >= 0.3 is 6.36 Å². The van der Waals surface area contributed by atoms with Crippen molar-refractivity contribution in [2.45, 2.75) is 31.7 Å². The van der Waals surface area contributed by atoms with Gasteiger partial charge in [-0.15, -0.1) is 24.5 Å². The molecule has 1 heterocycles. The number of nitrogens with two attached hydrogens (primary N) is 1. The largest absolute Gasteiger partial charge is 0.573 e. The van der Waals surface area contributed by atoms with Gasteiger partial charge < -0.3 is 15.2 Å². The van der Waals surface area contributed by atoms with Crippen molar-refractivity contribution < 1.29 is 27.0 Å². The van der Waals surface area contributed by atoms with Crippen molar-refractivity contribution in [2.24, 2.45) is 5.73 Å². The molecule has 2 N–H and O–H groups in total. The van der Waals surface area contributed by atoms with Gasteiger partial charge in [0, 0.05) is 10.9 Å². The highest BCUT2D eigenvalue weighted by atomic mass is 32.1. The van der Waals surface area contributed by atoms with Gasteiger partial charge in [-0.05, 0) is 49.4 Å². The molecule has 132 valence electrons. The normalized spacial score (nSPS) is 12.9. The summed E-state index contributed by atoms with van der Waals surface area (Å²) in [5.74, 6) is -1.87. The molecule has 8 heteroatoms. The molecule has 0 saturated carbocycles. The average Bonchev–Trinajstić information content (AvgIpc) is 3.02. The minimum atomic E-state index is -4.94. The maximum atomic E-state index is 13.8. The summed E-state index contributed by atoms with van der Waals surface area (Å²) < 4.78 is 59.6. The minimum absolute atomic E-state index is 0.146. The fourth-order valence-corrected chi connectivity index (χ4v) is 2.92. The van der Waals surface area contributed by atoms with Crippen LogP contribution >= 0.6 is 11.3 Å². The molecular formula is C16H17F4NO2S. The number of ether oxygens (including phenoxy) is 2. The molecule has 0 aliphatic rings. The lowest BCUT2D eigenvalue weighted by atomic mass is 10.1. The second kappa shape index (κ2) is 8.34. The Balaban J connectivity index is 2.09. The summed E-state index contributed by atoms with van der Waals surface area (Å²) in [5, 5.41) is 1.90.